The maximum absolute atomic E-state index is 14.0. The molecule has 2 heterocycles. The van der Waals surface area contributed by atoms with Crippen LogP contribution in [0.25, 0.3) is 11.3 Å². The second kappa shape index (κ2) is 9.43. The fraction of sp³-hybridized carbons (Fsp3) is 0.200. The summed E-state index contributed by atoms with van der Waals surface area (Å²) in [4.78, 5) is 17.4. The Morgan fingerprint density at radius 1 is 0.939 bits per heavy atom. The third-order valence-electron chi connectivity index (χ3n) is 5.29. The second-order valence-corrected chi connectivity index (χ2v) is 7.47. The molecule has 8 heteroatoms. The first kappa shape index (κ1) is 22.5. The summed E-state index contributed by atoms with van der Waals surface area (Å²) < 4.78 is 55.1. The van der Waals surface area contributed by atoms with E-state index in [1.807, 2.05) is 0 Å². The molecule has 4 nitrogen and oxygen atoms in total. The molecule has 1 aromatic heterocycles. The van der Waals surface area contributed by atoms with Crippen LogP contribution in [-0.2, 0) is 6.18 Å². The minimum absolute atomic E-state index is 0.0359. The molecule has 0 radical (unpaired) electrons. The van der Waals surface area contributed by atoms with Gasteiger partial charge in [0.1, 0.15) is 5.82 Å². The van der Waals surface area contributed by atoms with Crippen molar-refractivity contribution in [2.75, 3.05) is 31.1 Å². The van der Waals surface area contributed by atoms with Crippen LogP contribution in [-0.4, -0.2) is 37.4 Å². The SMILES string of the molecule is O=Cc1ccc(-c2ccc(C#Cc3ccc(F)cc3)cn2)c(N2CCNCC2)c1C(F)(F)F. The Balaban J connectivity index is 1.75. The number of nitrogens with zero attached hydrogens (tertiary/aromatic N) is 2. The number of rotatable bonds is 3. The second-order valence-electron chi connectivity index (χ2n) is 7.47. The zero-order valence-electron chi connectivity index (χ0n) is 17.4. The Morgan fingerprint density at radius 2 is 1.61 bits per heavy atom. The van der Waals surface area contributed by atoms with Crippen LogP contribution >= 0.6 is 0 Å². The zero-order valence-corrected chi connectivity index (χ0v) is 17.4. The number of piperazine rings is 1. The molecule has 4 rings (SSSR count). The molecule has 1 aliphatic rings. The van der Waals surface area contributed by atoms with Gasteiger partial charge in [0.05, 0.1) is 16.9 Å². The average Bonchev–Trinajstić information content (AvgIpc) is 2.83. The number of aromatic nitrogens is 1. The molecule has 33 heavy (non-hydrogen) atoms. The van der Waals surface area contributed by atoms with Crippen molar-refractivity contribution in [3.05, 3.63) is 82.8 Å². The van der Waals surface area contributed by atoms with Crippen LogP contribution in [0.5, 0.6) is 0 Å². The lowest BCUT2D eigenvalue weighted by molar-refractivity contribution is -0.137. The van der Waals surface area contributed by atoms with E-state index in [1.54, 1.807) is 29.2 Å². The Kier molecular flexibility index (Phi) is 6.43. The maximum atomic E-state index is 14.0. The molecule has 1 aliphatic heterocycles. The van der Waals surface area contributed by atoms with E-state index in [0.29, 0.717) is 48.6 Å². The Bertz CT molecular complexity index is 1200. The summed E-state index contributed by atoms with van der Waals surface area (Å²) in [7, 11) is 0. The van der Waals surface area contributed by atoms with Crippen LogP contribution in [0, 0.1) is 17.7 Å². The standard InChI is InChI=1S/C25H19F4N3O/c26-20-7-3-17(4-8-20)1-2-18-5-10-22(31-15-18)21-9-6-19(16-33)23(25(27,28)29)24(21)32-13-11-30-12-14-32/h3-10,15-16,30H,11-14H2. The van der Waals surface area contributed by atoms with Gasteiger partial charge in [-0.2, -0.15) is 13.2 Å². The lowest BCUT2D eigenvalue weighted by atomic mass is 9.96. The third-order valence-corrected chi connectivity index (χ3v) is 5.29. The molecule has 0 bridgehead atoms. The average molecular weight is 453 g/mol. The quantitative estimate of drug-likeness (QED) is 0.360. The molecule has 0 aliphatic carbocycles. The topological polar surface area (TPSA) is 45.2 Å². The highest BCUT2D eigenvalue weighted by molar-refractivity contribution is 5.89. The van der Waals surface area contributed by atoms with Gasteiger partial charge in [-0.05, 0) is 42.5 Å². The van der Waals surface area contributed by atoms with Gasteiger partial charge < -0.3 is 10.2 Å². The van der Waals surface area contributed by atoms with Crippen LogP contribution in [0.2, 0.25) is 0 Å². The van der Waals surface area contributed by atoms with Gasteiger partial charge in [0.15, 0.2) is 6.29 Å². The molecule has 168 valence electrons. The van der Waals surface area contributed by atoms with Crippen molar-refractivity contribution in [2.24, 2.45) is 0 Å². The normalized spacial score (nSPS) is 13.9. The Hall–Kier alpha value is -3.70. The smallest absolute Gasteiger partial charge is 0.368 e. The number of alkyl halides is 3. The molecule has 0 atom stereocenters. The number of halogens is 4. The number of carbonyl (C=O) groups is 1. The highest BCUT2D eigenvalue weighted by atomic mass is 19.4. The minimum atomic E-state index is -4.70. The predicted octanol–water partition coefficient (Wildman–Crippen LogP) is 4.53. The molecule has 1 N–H and O–H groups in total. The van der Waals surface area contributed by atoms with Crippen LogP contribution in [0.1, 0.15) is 27.0 Å². The van der Waals surface area contributed by atoms with E-state index in [-0.39, 0.29) is 17.8 Å². The van der Waals surface area contributed by atoms with E-state index in [2.05, 4.69) is 22.1 Å². The van der Waals surface area contributed by atoms with Crippen molar-refractivity contribution in [3.8, 4) is 23.1 Å². The summed E-state index contributed by atoms with van der Waals surface area (Å²) >= 11 is 0. The molecule has 1 saturated heterocycles. The first-order valence-corrected chi connectivity index (χ1v) is 10.3. The molecule has 0 saturated carbocycles. The van der Waals surface area contributed by atoms with Gasteiger partial charge >= 0.3 is 6.18 Å². The molecule has 1 fully saturated rings. The van der Waals surface area contributed by atoms with E-state index in [1.165, 1.54) is 30.5 Å². The molecule has 0 amide bonds. The number of hydrogen-bond donors (Lipinski definition) is 1. The summed E-state index contributed by atoms with van der Waals surface area (Å²) in [6.07, 6.45) is -2.98. The van der Waals surface area contributed by atoms with Crippen LogP contribution < -0.4 is 10.2 Å². The number of hydrogen-bond acceptors (Lipinski definition) is 4. The zero-order chi connectivity index (χ0) is 23.4. The largest absolute Gasteiger partial charge is 0.419 e. The summed E-state index contributed by atoms with van der Waals surface area (Å²) in [6, 6.07) is 11.7. The van der Waals surface area contributed by atoms with Crippen molar-refractivity contribution in [2.45, 2.75) is 6.18 Å². The van der Waals surface area contributed by atoms with E-state index >= 15 is 0 Å². The van der Waals surface area contributed by atoms with Gasteiger partial charge in [-0.3, -0.25) is 9.78 Å². The van der Waals surface area contributed by atoms with Gasteiger partial charge in [-0.15, -0.1) is 0 Å². The van der Waals surface area contributed by atoms with E-state index in [9.17, 15) is 22.4 Å². The number of benzene rings is 2. The molecular weight excluding hydrogens is 434 g/mol. The first-order valence-electron chi connectivity index (χ1n) is 10.3. The first-order chi connectivity index (χ1) is 15.9. The van der Waals surface area contributed by atoms with Crippen molar-refractivity contribution >= 4 is 12.0 Å². The van der Waals surface area contributed by atoms with Gasteiger partial charge in [0.2, 0.25) is 0 Å². The van der Waals surface area contributed by atoms with E-state index < -0.39 is 17.3 Å². The van der Waals surface area contributed by atoms with Gasteiger partial charge in [0.25, 0.3) is 0 Å². The summed E-state index contributed by atoms with van der Waals surface area (Å²) in [5, 5.41) is 3.12. The fourth-order valence-electron chi connectivity index (χ4n) is 3.73. The number of aldehydes is 1. The maximum Gasteiger partial charge on any atom is 0.419 e. The van der Waals surface area contributed by atoms with Gasteiger partial charge in [0, 0.05) is 54.6 Å². The van der Waals surface area contributed by atoms with E-state index in [4.69, 9.17) is 0 Å². The summed E-state index contributed by atoms with van der Waals surface area (Å²) in [5.41, 5.74) is 0.450. The number of pyridine rings is 1. The van der Waals surface area contributed by atoms with Crippen molar-refractivity contribution in [3.63, 3.8) is 0 Å². The Morgan fingerprint density at radius 3 is 2.21 bits per heavy atom. The highest BCUT2D eigenvalue weighted by Gasteiger charge is 2.39. The predicted molar refractivity (Wildman–Crippen MR) is 118 cm³/mol. The number of nitrogens with one attached hydrogen (secondary N) is 1. The monoisotopic (exact) mass is 453 g/mol. The lowest BCUT2D eigenvalue weighted by Gasteiger charge is -2.33. The minimum Gasteiger partial charge on any atom is -0.368 e. The van der Waals surface area contributed by atoms with Crippen LogP contribution in [0.3, 0.4) is 0 Å². The number of anilines is 1. The molecule has 0 spiro atoms. The Labute approximate surface area is 188 Å². The highest BCUT2D eigenvalue weighted by Crippen LogP contribution is 2.44. The molecule has 0 unspecified atom stereocenters. The van der Waals surface area contributed by atoms with Gasteiger partial charge in [-0.1, -0.05) is 17.9 Å². The third kappa shape index (κ3) is 5.04. The van der Waals surface area contributed by atoms with Gasteiger partial charge in [-0.25, -0.2) is 4.39 Å². The van der Waals surface area contributed by atoms with Crippen molar-refractivity contribution < 1.29 is 22.4 Å². The molecule has 3 aromatic rings. The van der Waals surface area contributed by atoms with Crippen LogP contribution in [0.15, 0.2) is 54.7 Å². The number of carbonyl (C=O) groups excluding carboxylic acids is 1. The summed E-state index contributed by atoms with van der Waals surface area (Å²) in [5.74, 6) is 5.45. The lowest BCUT2D eigenvalue weighted by Crippen LogP contribution is -2.44. The van der Waals surface area contributed by atoms with Crippen LogP contribution in [0.4, 0.5) is 23.2 Å². The van der Waals surface area contributed by atoms with E-state index in [0.717, 1.165) is 0 Å². The summed E-state index contributed by atoms with van der Waals surface area (Å²) in [6.45, 7) is 1.82. The molecule has 2 aromatic carbocycles. The fourth-order valence-corrected chi connectivity index (χ4v) is 3.73. The van der Waals surface area contributed by atoms with Crippen molar-refractivity contribution in [1.82, 2.24) is 10.3 Å². The molecular formula is C25H19F4N3O. The van der Waals surface area contributed by atoms with Crippen molar-refractivity contribution in [1.29, 1.82) is 0 Å².